The van der Waals surface area contributed by atoms with Crippen molar-refractivity contribution < 1.29 is 14.3 Å². The number of carbonyl (C=O) groups excluding carboxylic acids is 1. The van der Waals surface area contributed by atoms with Gasteiger partial charge < -0.3 is 15.2 Å². The van der Waals surface area contributed by atoms with Gasteiger partial charge in [-0.05, 0) is 35.7 Å². The minimum Gasteiger partial charge on any atom is -0.493 e. The highest BCUT2D eigenvalue weighted by Gasteiger charge is 2.46. The monoisotopic (exact) mass is 371 g/mol. The van der Waals surface area contributed by atoms with Crippen LogP contribution in [0.1, 0.15) is 22.7 Å². The van der Waals surface area contributed by atoms with Crippen molar-refractivity contribution in [3.05, 3.63) is 58.1 Å². The second-order valence-corrected chi connectivity index (χ2v) is 6.72. The number of ether oxygens (including phenoxy) is 2. The van der Waals surface area contributed by atoms with Crippen LogP contribution in [0.25, 0.3) is 0 Å². The molecule has 2 N–H and O–H groups in total. The molecule has 0 spiro atoms. The van der Waals surface area contributed by atoms with Crippen LogP contribution in [0, 0.1) is 5.92 Å². The van der Waals surface area contributed by atoms with Gasteiger partial charge in [-0.15, -0.1) is 0 Å². The summed E-state index contributed by atoms with van der Waals surface area (Å²) < 4.78 is 10.8. The largest absolute Gasteiger partial charge is 0.493 e. The van der Waals surface area contributed by atoms with Crippen LogP contribution in [-0.2, 0) is 6.42 Å². The van der Waals surface area contributed by atoms with Gasteiger partial charge in [-0.2, -0.15) is 5.10 Å². The van der Waals surface area contributed by atoms with Gasteiger partial charge in [-0.1, -0.05) is 29.8 Å². The summed E-state index contributed by atoms with van der Waals surface area (Å²) in [7, 11) is 3.20. The molecule has 2 unspecified atom stereocenters. The highest BCUT2D eigenvalue weighted by Crippen LogP contribution is 2.47. The van der Waals surface area contributed by atoms with Crippen molar-refractivity contribution in [1.82, 2.24) is 5.01 Å². The highest BCUT2D eigenvalue weighted by atomic mass is 35.5. The van der Waals surface area contributed by atoms with Gasteiger partial charge in [0.05, 0.1) is 26.0 Å². The van der Waals surface area contributed by atoms with Crippen LogP contribution in [0.5, 0.6) is 11.5 Å². The van der Waals surface area contributed by atoms with Gasteiger partial charge >= 0.3 is 6.03 Å². The van der Waals surface area contributed by atoms with Crippen molar-refractivity contribution in [2.24, 2.45) is 16.8 Å². The van der Waals surface area contributed by atoms with Crippen LogP contribution in [-0.4, -0.2) is 31.0 Å². The van der Waals surface area contributed by atoms with Crippen molar-refractivity contribution in [3.8, 4) is 11.5 Å². The molecule has 1 aliphatic carbocycles. The first-order chi connectivity index (χ1) is 12.5. The van der Waals surface area contributed by atoms with Crippen LogP contribution in [0.3, 0.4) is 0 Å². The Labute approximate surface area is 156 Å². The number of hydrazone groups is 1. The number of benzene rings is 2. The van der Waals surface area contributed by atoms with E-state index in [9.17, 15) is 4.79 Å². The predicted octanol–water partition coefficient (Wildman–Crippen LogP) is 3.37. The van der Waals surface area contributed by atoms with Crippen molar-refractivity contribution in [3.63, 3.8) is 0 Å². The number of hydrogen-bond donors (Lipinski definition) is 1. The Hall–Kier alpha value is -2.73. The smallest absolute Gasteiger partial charge is 0.335 e. The molecule has 1 aliphatic heterocycles. The van der Waals surface area contributed by atoms with Gasteiger partial charge in [0.25, 0.3) is 0 Å². The average molecular weight is 372 g/mol. The maximum absolute atomic E-state index is 12.0. The Morgan fingerprint density at radius 1 is 1.23 bits per heavy atom. The number of methoxy groups -OCH3 is 2. The van der Waals surface area contributed by atoms with E-state index < -0.39 is 6.03 Å². The van der Waals surface area contributed by atoms with Crippen LogP contribution in [0.4, 0.5) is 4.79 Å². The molecule has 0 saturated carbocycles. The Morgan fingerprint density at radius 2 is 1.92 bits per heavy atom. The number of primary amides is 1. The molecule has 0 bridgehead atoms. The average Bonchev–Trinajstić information content (AvgIpc) is 3.16. The van der Waals surface area contributed by atoms with E-state index >= 15 is 0 Å². The zero-order valence-corrected chi connectivity index (χ0v) is 15.2. The lowest BCUT2D eigenvalue weighted by molar-refractivity contribution is 0.186. The number of halogens is 1. The number of carbonyl (C=O) groups is 1. The van der Waals surface area contributed by atoms with E-state index in [0.29, 0.717) is 22.9 Å². The summed E-state index contributed by atoms with van der Waals surface area (Å²) in [6, 6.07) is 10.4. The molecule has 0 saturated heterocycles. The summed E-state index contributed by atoms with van der Waals surface area (Å²) in [6.07, 6.45) is 0.716. The molecule has 2 aromatic rings. The number of nitrogens with two attached hydrogens (primary N) is 1. The lowest BCUT2D eigenvalue weighted by Crippen LogP contribution is -2.34. The first-order valence-corrected chi connectivity index (χ1v) is 8.59. The standard InChI is InChI=1S/C19H18ClN3O3/c1-25-15-8-10-7-13-17(12(10)9-16(15)26-2)22-23(19(21)24)18(13)11-5-3-4-6-14(11)20/h3-6,8-9,13,18H,7H2,1-2H3,(H2,21,24). The van der Waals surface area contributed by atoms with Gasteiger partial charge in [0.15, 0.2) is 11.5 Å². The van der Waals surface area contributed by atoms with Crippen LogP contribution in [0.2, 0.25) is 5.02 Å². The second-order valence-electron chi connectivity index (χ2n) is 6.31. The maximum Gasteiger partial charge on any atom is 0.335 e. The van der Waals surface area contributed by atoms with Crippen LogP contribution < -0.4 is 15.2 Å². The molecule has 4 rings (SSSR count). The summed E-state index contributed by atoms with van der Waals surface area (Å²) in [5.41, 5.74) is 9.31. The van der Waals surface area contributed by atoms with Crippen molar-refractivity contribution in [1.29, 1.82) is 0 Å². The van der Waals surface area contributed by atoms with Gasteiger partial charge in [0.2, 0.25) is 0 Å². The van der Waals surface area contributed by atoms with E-state index in [0.717, 1.165) is 22.4 Å². The third kappa shape index (κ3) is 2.41. The normalized spacial score (nSPS) is 20.4. The molecule has 6 nitrogen and oxygen atoms in total. The molecular formula is C19H18ClN3O3. The minimum atomic E-state index is -0.598. The Bertz CT molecular complexity index is 928. The number of fused-ring (bicyclic) bond motifs is 3. The number of hydrogen-bond acceptors (Lipinski definition) is 4. The summed E-state index contributed by atoms with van der Waals surface area (Å²) >= 11 is 6.40. The van der Waals surface area contributed by atoms with E-state index in [2.05, 4.69) is 5.10 Å². The van der Waals surface area contributed by atoms with Crippen molar-refractivity contribution >= 4 is 23.3 Å². The zero-order valence-electron chi connectivity index (χ0n) is 14.4. The van der Waals surface area contributed by atoms with Crippen LogP contribution in [0.15, 0.2) is 41.5 Å². The third-order valence-electron chi connectivity index (χ3n) is 4.99. The molecule has 7 heteroatoms. The number of rotatable bonds is 3. The van der Waals surface area contributed by atoms with Crippen molar-refractivity contribution in [2.75, 3.05) is 14.2 Å². The number of urea groups is 1. The van der Waals surface area contributed by atoms with Gasteiger partial charge in [0.1, 0.15) is 0 Å². The van der Waals surface area contributed by atoms with Gasteiger partial charge in [-0.25, -0.2) is 9.80 Å². The third-order valence-corrected chi connectivity index (χ3v) is 5.33. The highest BCUT2D eigenvalue weighted by molar-refractivity contribution is 6.31. The maximum atomic E-state index is 12.0. The van der Waals surface area contributed by atoms with Gasteiger partial charge in [-0.3, -0.25) is 0 Å². The molecule has 2 aromatic carbocycles. The Kier molecular flexibility index (Phi) is 4.00. The van der Waals surface area contributed by atoms with E-state index in [1.807, 2.05) is 36.4 Å². The molecule has 26 heavy (non-hydrogen) atoms. The molecule has 2 amide bonds. The first-order valence-electron chi connectivity index (χ1n) is 8.22. The fourth-order valence-corrected chi connectivity index (χ4v) is 4.10. The van der Waals surface area contributed by atoms with Crippen LogP contribution >= 0.6 is 11.6 Å². The van der Waals surface area contributed by atoms with Gasteiger partial charge in [0, 0.05) is 16.5 Å². The Morgan fingerprint density at radius 3 is 2.58 bits per heavy atom. The lowest BCUT2D eigenvalue weighted by Gasteiger charge is -2.25. The summed E-state index contributed by atoms with van der Waals surface area (Å²) in [6.45, 7) is 0. The molecule has 134 valence electrons. The van der Waals surface area contributed by atoms with E-state index in [1.54, 1.807) is 14.2 Å². The fraction of sp³-hybridized carbons (Fsp3) is 0.263. The first kappa shape index (κ1) is 16.7. The molecule has 0 aromatic heterocycles. The molecule has 0 fully saturated rings. The van der Waals surface area contributed by atoms with E-state index in [4.69, 9.17) is 26.8 Å². The molecular weight excluding hydrogens is 354 g/mol. The minimum absolute atomic E-state index is 0.0192. The summed E-state index contributed by atoms with van der Waals surface area (Å²) in [5, 5.41) is 6.46. The number of nitrogens with zero attached hydrogens (tertiary/aromatic N) is 2. The zero-order chi connectivity index (χ0) is 18.4. The molecule has 1 heterocycles. The Balaban J connectivity index is 1.83. The van der Waals surface area contributed by atoms with Crippen molar-refractivity contribution in [2.45, 2.75) is 12.5 Å². The topological polar surface area (TPSA) is 77.2 Å². The molecule has 0 radical (unpaired) electrons. The fourth-order valence-electron chi connectivity index (χ4n) is 3.85. The quantitative estimate of drug-likeness (QED) is 0.898. The second kappa shape index (κ2) is 6.21. The molecule has 2 atom stereocenters. The van der Waals surface area contributed by atoms with E-state index in [1.165, 1.54) is 5.01 Å². The number of amides is 2. The lowest BCUT2D eigenvalue weighted by atomic mass is 9.90. The van der Waals surface area contributed by atoms with E-state index in [-0.39, 0.29) is 12.0 Å². The SMILES string of the molecule is COc1cc2c(cc1OC)C1=NN(C(N)=O)C(c3ccccc3Cl)C1C2. The summed E-state index contributed by atoms with van der Waals surface area (Å²) in [4.78, 5) is 12.0. The predicted molar refractivity (Wildman–Crippen MR) is 98.9 cm³/mol. The summed E-state index contributed by atoms with van der Waals surface area (Å²) in [5.74, 6) is 1.28. The molecule has 2 aliphatic rings.